The van der Waals surface area contributed by atoms with Crippen LogP contribution in [0.5, 0.6) is 0 Å². The first kappa shape index (κ1) is 22.9. The topological polar surface area (TPSA) is 75.4 Å². The number of amides is 2. The fraction of sp³-hybridized carbons (Fsp3) is 0.391. The van der Waals surface area contributed by atoms with Crippen LogP contribution in [-0.4, -0.2) is 29.8 Å². The van der Waals surface area contributed by atoms with Gasteiger partial charge in [0, 0.05) is 35.8 Å². The summed E-state index contributed by atoms with van der Waals surface area (Å²) in [5.74, 6) is -0.122. The summed E-state index contributed by atoms with van der Waals surface area (Å²) in [6.07, 6.45) is 1.11. The van der Waals surface area contributed by atoms with Crippen LogP contribution >= 0.6 is 11.6 Å². The minimum Gasteiger partial charge on any atom is -0.334 e. The molecule has 0 saturated carbocycles. The number of nitrogens with zero attached hydrogens (tertiary/aromatic N) is 1. The van der Waals surface area contributed by atoms with Crippen LogP contribution in [0.15, 0.2) is 48.5 Å². The molecular formula is C23H30ClN3O2. The summed E-state index contributed by atoms with van der Waals surface area (Å²) in [7, 11) is 0. The lowest BCUT2D eigenvalue weighted by molar-refractivity contribution is -0.117. The van der Waals surface area contributed by atoms with Gasteiger partial charge in [0.15, 0.2) is 0 Å². The predicted octanol–water partition coefficient (Wildman–Crippen LogP) is 4.71. The van der Waals surface area contributed by atoms with Gasteiger partial charge in [0.05, 0.1) is 0 Å². The Kier molecular flexibility index (Phi) is 8.23. The summed E-state index contributed by atoms with van der Waals surface area (Å²) in [4.78, 5) is 27.0. The molecule has 5 nitrogen and oxygen atoms in total. The summed E-state index contributed by atoms with van der Waals surface area (Å²) >= 11 is 6.39. The van der Waals surface area contributed by atoms with Crippen LogP contribution in [0.1, 0.15) is 49.5 Å². The Labute approximate surface area is 178 Å². The van der Waals surface area contributed by atoms with Crippen LogP contribution in [0.4, 0.5) is 5.69 Å². The molecule has 0 aliphatic rings. The van der Waals surface area contributed by atoms with Gasteiger partial charge in [0.1, 0.15) is 0 Å². The number of carbonyl (C=O) groups is 2. The average Bonchev–Trinajstić information content (AvgIpc) is 2.66. The van der Waals surface area contributed by atoms with Crippen molar-refractivity contribution in [2.24, 2.45) is 11.1 Å². The molecule has 0 aromatic heterocycles. The lowest BCUT2D eigenvalue weighted by Crippen LogP contribution is -2.32. The lowest BCUT2D eigenvalue weighted by atomic mass is 9.92. The highest BCUT2D eigenvalue weighted by Gasteiger charge is 2.19. The number of hydrogen-bond acceptors (Lipinski definition) is 3. The zero-order chi connectivity index (χ0) is 21.4. The first-order valence-corrected chi connectivity index (χ1v) is 10.2. The minimum absolute atomic E-state index is 0.0499. The van der Waals surface area contributed by atoms with Crippen LogP contribution in [0, 0.1) is 5.41 Å². The molecule has 2 rings (SSSR count). The number of rotatable bonds is 8. The average molecular weight is 416 g/mol. The molecule has 6 heteroatoms. The van der Waals surface area contributed by atoms with Crippen molar-refractivity contribution in [2.45, 2.75) is 40.2 Å². The van der Waals surface area contributed by atoms with Crippen LogP contribution in [-0.2, 0) is 11.3 Å². The van der Waals surface area contributed by atoms with Gasteiger partial charge in [0.25, 0.3) is 5.91 Å². The third-order valence-electron chi connectivity index (χ3n) is 4.32. The molecule has 2 aromatic rings. The van der Waals surface area contributed by atoms with E-state index in [-0.39, 0.29) is 17.2 Å². The maximum Gasteiger partial charge on any atom is 0.254 e. The maximum absolute atomic E-state index is 13.0. The van der Waals surface area contributed by atoms with E-state index in [1.807, 2.05) is 45.0 Å². The van der Waals surface area contributed by atoms with Crippen molar-refractivity contribution in [1.82, 2.24) is 4.90 Å². The highest BCUT2D eigenvalue weighted by molar-refractivity contribution is 6.31. The molecule has 3 N–H and O–H groups in total. The van der Waals surface area contributed by atoms with E-state index in [9.17, 15) is 9.59 Å². The van der Waals surface area contributed by atoms with E-state index >= 15 is 0 Å². The first-order valence-electron chi connectivity index (χ1n) is 9.82. The molecule has 0 radical (unpaired) electrons. The summed E-state index contributed by atoms with van der Waals surface area (Å²) in [6, 6.07) is 14.5. The number of benzene rings is 2. The quantitative estimate of drug-likeness (QED) is 0.655. The van der Waals surface area contributed by atoms with Crippen molar-refractivity contribution in [1.29, 1.82) is 0 Å². The van der Waals surface area contributed by atoms with E-state index in [4.69, 9.17) is 17.3 Å². The number of anilines is 1. The zero-order valence-electron chi connectivity index (χ0n) is 17.4. The van der Waals surface area contributed by atoms with E-state index in [0.717, 1.165) is 5.56 Å². The molecule has 0 aliphatic carbocycles. The molecule has 2 amide bonds. The molecule has 156 valence electrons. The fourth-order valence-corrected chi connectivity index (χ4v) is 3.14. The lowest BCUT2D eigenvalue weighted by Gasteiger charge is -2.24. The van der Waals surface area contributed by atoms with Gasteiger partial charge in [-0.25, -0.2) is 0 Å². The second-order valence-electron chi connectivity index (χ2n) is 8.33. The highest BCUT2D eigenvalue weighted by atomic mass is 35.5. The van der Waals surface area contributed by atoms with Crippen LogP contribution in [0.3, 0.4) is 0 Å². The van der Waals surface area contributed by atoms with Crippen molar-refractivity contribution in [3.8, 4) is 0 Å². The predicted molar refractivity (Wildman–Crippen MR) is 119 cm³/mol. The third kappa shape index (κ3) is 7.52. The summed E-state index contributed by atoms with van der Waals surface area (Å²) < 4.78 is 0. The normalized spacial score (nSPS) is 11.2. The molecule has 0 atom stereocenters. The van der Waals surface area contributed by atoms with Crippen molar-refractivity contribution in [2.75, 3.05) is 18.4 Å². The number of hydrogen-bond donors (Lipinski definition) is 2. The van der Waals surface area contributed by atoms with E-state index < -0.39 is 0 Å². The summed E-state index contributed by atoms with van der Waals surface area (Å²) in [5, 5.41) is 3.48. The number of carbonyl (C=O) groups excluding carboxylic acids is 2. The third-order valence-corrected chi connectivity index (χ3v) is 4.69. The molecule has 0 fully saturated rings. The van der Waals surface area contributed by atoms with Gasteiger partial charge >= 0.3 is 0 Å². The standard InChI is InChI=1S/C23H30ClN3O2/c1-23(2,3)15-21(28)26-19-10-11-20(24)18(14-19)16-27(13-7-12-25)22(29)17-8-5-4-6-9-17/h4-6,8-11,14H,7,12-13,15-16,25H2,1-3H3,(H,26,28). The zero-order valence-corrected chi connectivity index (χ0v) is 18.1. The Hall–Kier alpha value is -2.37. The maximum atomic E-state index is 13.0. The number of halogens is 1. The smallest absolute Gasteiger partial charge is 0.254 e. The molecule has 29 heavy (non-hydrogen) atoms. The molecular weight excluding hydrogens is 386 g/mol. The molecule has 0 bridgehead atoms. The van der Waals surface area contributed by atoms with Gasteiger partial charge in [-0.1, -0.05) is 50.6 Å². The largest absolute Gasteiger partial charge is 0.334 e. The number of nitrogens with two attached hydrogens (primary N) is 1. The highest BCUT2D eigenvalue weighted by Crippen LogP contribution is 2.25. The van der Waals surface area contributed by atoms with Crippen LogP contribution in [0.2, 0.25) is 5.02 Å². The van der Waals surface area contributed by atoms with E-state index in [1.54, 1.807) is 29.2 Å². The van der Waals surface area contributed by atoms with Gasteiger partial charge in [-0.05, 0) is 54.3 Å². The molecule has 0 aliphatic heterocycles. The van der Waals surface area contributed by atoms with Gasteiger partial charge < -0.3 is 16.0 Å². The second-order valence-corrected chi connectivity index (χ2v) is 8.73. The van der Waals surface area contributed by atoms with Crippen molar-refractivity contribution in [3.05, 3.63) is 64.7 Å². The van der Waals surface area contributed by atoms with Gasteiger partial charge in [-0.15, -0.1) is 0 Å². The molecule has 2 aromatic carbocycles. The van der Waals surface area contributed by atoms with Gasteiger partial charge in [0.2, 0.25) is 5.91 Å². The second kappa shape index (κ2) is 10.4. The summed E-state index contributed by atoms with van der Waals surface area (Å²) in [6.45, 7) is 7.42. The molecule has 0 saturated heterocycles. The van der Waals surface area contributed by atoms with Crippen LogP contribution in [0.25, 0.3) is 0 Å². The van der Waals surface area contributed by atoms with Gasteiger partial charge in [-0.2, -0.15) is 0 Å². The fourth-order valence-electron chi connectivity index (χ4n) is 2.96. The molecule has 0 unspecified atom stereocenters. The monoisotopic (exact) mass is 415 g/mol. The SMILES string of the molecule is CC(C)(C)CC(=O)Nc1ccc(Cl)c(CN(CCCN)C(=O)c2ccccc2)c1. The Morgan fingerprint density at radius 2 is 1.79 bits per heavy atom. The minimum atomic E-state index is -0.0968. The van der Waals surface area contributed by atoms with Crippen molar-refractivity contribution < 1.29 is 9.59 Å². The molecule has 0 spiro atoms. The Balaban J connectivity index is 2.19. The first-order chi connectivity index (χ1) is 13.7. The van der Waals surface area contributed by atoms with Crippen molar-refractivity contribution in [3.63, 3.8) is 0 Å². The van der Waals surface area contributed by atoms with Crippen molar-refractivity contribution >= 4 is 29.1 Å². The number of nitrogens with one attached hydrogen (secondary N) is 1. The Bertz CT molecular complexity index is 832. The Morgan fingerprint density at radius 3 is 2.41 bits per heavy atom. The van der Waals surface area contributed by atoms with E-state index in [1.165, 1.54) is 0 Å². The van der Waals surface area contributed by atoms with Gasteiger partial charge in [-0.3, -0.25) is 9.59 Å². The summed E-state index contributed by atoms with van der Waals surface area (Å²) in [5.41, 5.74) is 7.63. The molecule has 0 heterocycles. The van der Waals surface area contributed by atoms with Crippen LogP contribution < -0.4 is 11.1 Å². The Morgan fingerprint density at radius 1 is 1.10 bits per heavy atom. The van der Waals surface area contributed by atoms with E-state index in [0.29, 0.717) is 48.7 Å². The van der Waals surface area contributed by atoms with E-state index in [2.05, 4.69) is 5.32 Å².